The summed E-state index contributed by atoms with van der Waals surface area (Å²) in [6.07, 6.45) is 4.02. The van der Waals surface area contributed by atoms with Crippen LogP contribution in [0.5, 0.6) is 0 Å². The highest BCUT2D eigenvalue weighted by Crippen LogP contribution is 2.23. The highest BCUT2D eigenvalue weighted by Gasteiger charge is 2.32. The topological polar surface area (TPSA) is 58.6 Å². The second kappa shape index (κ2) is 5.93. The van der Waals surface area contributed by atoms with Crippen molar-refractivity contribution >= 4 is 23.5 Å². The number of anilines is 1. The van der Waals surface area contributed by atoms with Gasteiger partial charge in [0.1, 0.15) is 0 Å². The molecule has 2 aliphatic heterocycles. The Morgan fingerprint density at radius 3 is 2.65 bits per heavy atom. The Labute approximate surface area is 122 Å². The molecular weight excluding hydrogens is 280 g/mol. The highest BCUT2D eigenvalue weighted by molar-refractivity contribution is 6.30. The second-order valence-corrected chi connectivity index (χ2v) is 5.51. The van der Waals surface area contributed by atoms with Crippen molar-refractivity contribution in [3.8, 4) is 0 Å². The molecule has 3 heterocycles. The third-order valence-corrected chi connectivity index (χ3v) is 3.94. The lowest BCUT2D eigenvalue weighted by molar-refractivity contribution is -0.138. The van der Waals surface area contributed by atoms with Crippen molar-refractivity contribution in [2.75, 3.05) is 44.3 Å². The van der Waals surface area contributed by atoms with Crippen LogP contribution in [0.15, 0.2) is 12.4 Å². The largest absolute Gasteiger partial charge is 0.378 e. The summed E-state index contributed by atoms with van der Waals surface area (Å²) in [7, 11) is 0. The number of halogens is 1. The van der Waals surface area contributed by atoms with Gasteiger partial charge >= 0.3 is 0 Å². The SMILES string of the molecule is O=C(C1CCN(c2ncc(Cl)cn2)C1)N1CCOCC1. The van der Waals surface area contributed by atoms with Crippen molar-refractivity contribution < 1.29 is 9.53 Å². The van der Waals surface area contributed by atoms with E-state index < -0.39 is 0 Å². The van der Waals surface area contributed by atoms with E-state index >= 15 is 0 Å². The summed E-state index contributed by atoms with van der Waals surface area (Å²) in [6, 6.07) is 0. The molecule has 1 aromatic rings. The first-order valence-corrected chi connectivity index (χ1v) is 7.21. The van der Waals surface area contributed by atoms with Crippen molar-refractivity contribution in [3.05, 3.63) is 17.4 Å². The van der Waals surface area contributed by atoms with Gasteiger partial charge in [-0.25, -0.2) is 9.97 Å². The van der Waals surface area contributed by atoms with Gasteiger partial charge in [-0.15, -0.1) is 0 Å². The number of ether oxygens (including phenoxy) is 1. The van der Waals surface area contributed by atoms with E-state index in [4.69, 9.17) is 16.3 Å². The maximum atomic E-state index is 12.4. The number of hydrogen-bond acceptors (Lipinski definition) is 5. The summed E-state index contributed by atoms with van der Waals surface area (Å²) < 4.78 is 5.28. The summed E-state index contributed by atoms with van der Waals surface area (Å²) in [5.41, 5.74) is 0. The first-order valence-electron chi connectivity index (χ1n) is 6.83. The molecule has 7 heteroatoms. The molecule has 1 amide bonds. The van der Waals surface area contributed by atoms with E-state index in [1.54, 1.807) is 12.4 Å². The number of rotatable bonds is 2. The average molecular weight is 297 g/mol. The fourth-order valence-corrected chi connectivity index (χ4v) is 2.75. The zero-order chi connectivity index (χ0) is 13.9. The minimum Gasteiger partial charge on any atom is -0.378 e. The molecule has 1 atom stereocenters. The van der Waals surface area contributed by atoms with Crippen LogP contribution < -0.4 is 4.90 Å². The van der Waals surface area contributed by atoms with Crippen LogP contribution in [0, 0.1) is 5.92 Å². The molecular formula is C13H17ClN4O2. The Kier molecular flexibility index (Phi) is 4.03. The maximum Gasteiger partial charge on any atom is 0.227 e. The average Bonchev–Trinajstić information content (AvgIpc) is 2.98. The number of morpholine rings is 1. The van der Waals surface area contributed by atoms with Gasteiger partial charge in [-0.3, -0.25) is 4.79 Å². The minimum atomic E-state index is 0.0346. The van der Waals surface area contributed by atoms with Crippen molar-refractivity contribution in [1.82, 2.24) is 14.9 Å². The Morgan fingerprint density at radius 2 is 1.95 bits per heavy atom. The second-order valence-electron chi connectivity index (χ2n) is 5.07. The number of nitrogens with zero attached hydrogens (tertiary/aromatic N) is 4. The molecule has 2 aliphatic rings. The predicted octanol–water partition coefficient (Wildman–Crippen LogP) is 0.815. The molecule has 3 rings (SSSR count). The van der Waals surface area contributed by atoms with Crippen LogP contribution in [0.3, 0.4) is 0 Å². The van der Waals surface area contributed by atoms with Crippen molar-refractivity contribution in [2.45, 2.75) is 6.42 Å². The van der Waals surface area contributed by atoms with Crippen LogP contribution in [0.25, 0.3) is 0 Å². The first-order chi connectivity index (χ1) is 9.74. The van der Waals surface area contributed by atoms with Gasteiger partial charge in [0.15, 0.2) is 0 Å². The summed E-state index contributed by atoms with van der Waals surface area (Å²) >= 11 is 5.78. The van der Waals surface area contributed by atoms with Crippen LogP contribution in [-0.4, -0.2) is 60.2 Å². The molecule has 0 spiro atoms. The molecule has 2 fully saturated rings. The summed E-state index contributed by atoms with van der Waals surface area (Å²) in [5, 5.41) is 0.522. The van der Waals surface area contributed by atoms with Crippen LogP contribution >= 0.6 is 11.6 Å². The normalized spacial score (nSPS) is 23.1. The highest BCUT2D eigenvalue weighted by atomic mass is 35.5. The molecule has 0 aliphatic carbocycles. The van der Waals surface area contributed by atoms with Crippen molar-refractivity contribution in [2.24, 2.45) is 5.92 Å². The minimum absolute atomic E-state index is 0.0346. The van der Waals surface area contributed by atoms with Gasteiger partial charge < -0.3 is 14.5 Å². The third kappa shape index (κ3) is 2.86. The van der Waals surface area contributed by atoms with E-state index in [0.29, 0.717) is 43.8 Å². The maximum absolute atomic E-state index is 12.4. The van der Waals surface area contributed by atoms with E-state index in [9.17, 15) is 4.79 Å². The third-order valence-electron chi connectivity index (χ3n) is 3.75. The number of carbonyl (C=O) groups excluding carboxylic acids is 1. The molecule has 0 bridgehead atoms. The molecule has 0 radical (unpaired) electrons. The predicted molar refractivity (Wildman–Crippen MR) is 74.8 cm³/mol. The zero-order valence-electron chi connectivity index (χ0n) is 11.2. The monoisotopic (exact) mass is 296 g/mol. The van der Waals surface area contributed by atoms with E-state index in [2.05, 4.69) is 9.97 Å². The number of aromatic nitrogens is 2. The molecule has 108 valence electrons. The molecule has 0 aromatic carbocycles. The molecule has 0 saturated carbocycles. The summed E-state index contributed by atoms with van der Waals surface area (Å²) in [5.74, 6) is 0.906. The Bertz CT molecular complexity index is 476. The van der Waals surface area contributed by atoms with Gasteiger partial charge in [0.05, 0.1) is 36.5 Å². The Hall–Kier alpha value is -1.40. The van der Waals surface area contributed by atoms with Crippen molar-refractivity contribution in [1.29, 1.82) is 0 Å². The van der Waals surface area contributed by atoms with Gasteiger partial charge in [0.2, 0.25) is 11.9 Å². The van der Waals surface area contributed by atoms with Gasteiger partial charge in [0, 0.05) is 26.2 Å². The van der Waals surface area contributed by atoms with Crippen LogP contribution in [0.2, 0.25) is 5.02 Å². The molecule has 0 N–H and O–H groups in total. The zero-order valence-corrected chi connectivity index (χ0v) is 11.9. The number of hydrogen-bond donors (Lipinski definition) is 0. The fraction of sp³-hybridized carbons (Fsp3) is 0.615. The van der Waals surface area contributed by atoms with E-state index in [-0.39, 0.29) is 11.8 Å². The molecule has 1 aromatic heterocycles. The molecule has 2 saturated heterocycles. The smallest absolute Gasteiger partial charge is 0.227 e. The van der Waals surface area contributed by atoms with Crippen molar-refractivity contribution in [3.63, 3.8) is 0 Å². The Balaban J connectivity index is 1.61. The fourth-order valence-electron chi connectivity index (χ4n) is 2.65. The molecule has 20 heavy (non-hydrogen) atoms. The van der Waals surface area contributed by atoms with Gasteiger partial charge in [-0.1, -0.05) is 11.6 Å². The van der Waals surface area contributed by atoms with Gasteiger partial charge in [-0.2, -0.15) is 0 Å². The van der Waals surface area contributed by atoms with E-state index in [1.807, 2.05) is 9.80 Å². The van der Waals surface area contributed by atoms with Gasteiger partial charge in [-0.05, 0) is 6.42 Å². The van der Waals surface area contributed by atoms with Crippen LogP contribution in [-0.2, 0) is 9.53 Å². The lowest BCUT2D eigenvalue weighted by Crippen LogP contribution is -2.44. The summed E-state index contributed by atoms with van der Waals surface area (Å²) in [6.45, 7) is 4.17. The Morgan fingerprint density at radius 1 is 1.25 bits per heavy atom. The quantitative estimate of drug-likeness (QED) is 0.808. The number of carbonyl (C=O) groups is 1. The molecule has 6 nitrogen and oxygen atoms in total. The standard InChI is InChI=1S/C13H17ClN4O2/c14-11-7-15-13(16-8-11)18-2-1-10(9-18)12(19)17-3-5-20-6-4-17/h7-8,10H,1-6,9H2. The van der Waals surface area contributed by atoms with Gasteiger partial charge in [0.25, 0.3) is 0 Å². The van der Waals surface area contributed by atoms with Crippen LogP contribution in [0.4, 0.5) is 5.95 Å². The summed E-state index contributed by atoms with van der Waals surface area (Å²) in [4.78, 5) is 24.8. The van der Waals surface area contributed by atoms with E-state index in [0.717, 1.165) is 13.0 Å². The lowest BCUT2D eigenvalue weighted by Gasteiger charge is -2.29. The molecule has 1 unspecified atom stereocenters. The number of amides is 1. The van der Waals surface area contributed by atoms with E-state index in [1.165, 1.54) is 0 Å². The first kappa shape index (κ1) is 13.6. The van der Waals surface area contributed by atoms with Crippen LogP contribution in [0.1, 0.15) is 6.42 Å². The lowest BCUT2D eigenvalue weighted by atomic mass is 10.1.